The Morgan fingerprint density at radius 2 is 1.84 bits per heavy atom. The third kappa shape index (κ3) is 4.71. The number of fused-ring (bicyclic) bond motifs is 1. The van der Waals surface area contributed by atoms with Crippen LogP contribution in [0.1, 0.15) is 23.1 Å². The van der Waals surface area contributed by atoms with E-state index in [1.807, 2.05) is 12.1 Å². The van der Waals surface area contributed by atoms with Gasteiger partial charge in [0.25, 0.3) is 5.91 Å². The molecule has 200 valence electrons. The topological polar surface area (TPSA) is 86.4 Å². The Morgan fingerprint density at radius 3 is 2.53 bits per heavy atom. The first-order chi connectivity index (χ1) is 17.6. The summed E-state index contributed by atoms with van der Waals surface area (Å²) in [6.45, 7) is 0.620. The number of alkyl halides is 3. The second-order valence-corrected chi connectivity index (χ2v) is 8.81. The second-order valence-electron chi connectivity index (χ2n) is 8.81. The van der Waals surface area contributed by atoms with Crippen LogP contribution < -0.4 is 19.9 Å². The van der Waals surface area contributed by atoms with Gasteiger partial charge in [0.05, 0.1) is 13.7 Å². The van der Waals surface area contributed by atoms with Gasteiger partial charge in [0.1, 0.15) is 17.2 Å². The fourth-order valence-electron chi connectivity index (χ4n) is 4.76. The molecule has 2 aliphatic rings. The Balaban J connectivity index is 0.00000336. The highest BCUT2D eigenvalue weighted by molar-refractivity contribution is 6.09. The molecule has 38 heavy (non-hydrogen) atoms. The van der Waals surface area contributed by atoms with Crippen LogP contribution in [0, 0.1) is 0 Å². The molecule has 0 aromatic heterocycles. The first-order valence-corrected chi connectivity index (χ1v) is 11.6. The summed E-state index contributed by atoms with van der Waals surface area (Å²) in [5.74, 6) is 0.352. The van der Waals surface area contributed by atoms with Gasteiger partial charge in [-0.05, 0) is 71.5 Å². The zero-order chi connectivity index (χ0) is 26.4. The fourth-order valence-corrected chi connectivity index (χ4v) is 4.76. The van der Waals surface area contributed by atoms with Crippen LogP contribution in [0.5, 0.6) is 17.2 Å². The number of rotatable bonds is 5. The van der Waals surface area contributed by atoms with Gasteiger partial charge in [-0.1, -0.05) is 24.3 Å². The van der Waals surface area contributed by atoms with Gasteiger partial charge in [-0.3, -0.25) is 9.69 Å². The minimum absolute atomic E-state index is 0. The van der Waals surface area contributed by atoms with Crippen molar-refractivity contribution in [3.8, 4) is 28.4 Å². The van der Waals surface area contributed by atoms with Gasteiger partial charge >= 0.3 is 6.36 Å². The summed E-state index contributed by atoms with van der Waals surface area (Å²) in [6.07, 6.45) is -3.27. The SMILES string of the molecule is COc1ccc(OC(F)(F)F)c(-c2cccc(C3(c4ccc5c(c4)CCCO5)N=C(N)N(C)C3=O)c2)c1.Cl. The molecular weight excluding hydrogens is 523 g/mol. The Bertz CT molecular complexity index is 1410. The van der Waals surface area contributed by atoms with Crippen molar-refractivity contribution in [3.63, 3.8) is 0 Å². The summed E-state index contributed by atoms with van der Waals surface area (Å²) in [5, 5.41) is 0. The van der Waals surface area contributed by atoms with Crippen LogP contribution in [0.25, 0.3) is 11.1 Å². The number of carbonyl (C=O) groups is 1. The number of aryl methyl sites for hydroxylation is 1. The molecule has 0 radical (unpaired) electrons. The van der Waals surface area contributed by atoms with Crippen molar-refractivity contribution < 1.29 is 32.2 Å². The van der Waals surface area contributed by atoms with E-state index in [9.17, 15) is 18.0 Å². The molecule has 1 amide bonds. The molecule has 0 bridgehead atoms. The Labute approximate surface area is 223 Å². The highest BCUT2D eigenvalue weighted by atomic mass is 35.5. The van der Waals surface area contributed by atoms with E-state index in [0.29, 0.717) is 29.0 Å². The number of carbonyl (C=O) groups excluding carboxylic acids is 1. The predicted molar refractivity (Wildman–Crippen MR) is 138 cm³/mol. The summed E-state index contributed by atoms with van der Waals surface area (Å²) >= 11 is 0. The monoisotopic (exact) mass is 547 g/mol. The van der Waals surface area contributed by atoms with Crippen LogP contribution in [0.15, 0.2) is 65.7 Å². The van der Waals surface area contributed by atoms with Crippen LogP contribution in [0.2, 0.25) is 0 Å². The fraction of sp³-hybridized carbons (Fsp3) is 0.259. The quantitative estimate of drug-likeness (QED) is 0.484. The van der Waals surface area contributed by atoms with E-state index in [1.54, 1.807) is 30.3 Å². The molecule has 2 N–H and O–H groups in total. The summed E-state index contributed by atoms with van der Waals surface area (Å²) in [7, 11) is 2.95. The van der Waals surface area contributed by atoms with Gasteiger partial charge in [0.15, 0.2) is 11.5 Å². The molecular formula is C27H25ClF3N3O4. The molecule has 7 nitrogen and oxygen atoms in total. The lowest BCUT2D eigenvalue weighted by Crippen LogP contribution is -2.41. The van der Waals surface area contributed by atoms with E-state index in [-0.39, 0.29) is 29.8 Å². The molecule has 0 aliphatic carbocycles. The molecule has 0 fully saturated rings. The average molecular weight is 548 g/mol. The van der Waals surface area contributed by atoms with E-state index in [4.69, 9.17) is 15.2 Å². The molecule has 5 rings (SSSR count). The zero-order valence-electron chi connectivity index (χ0n) is 20.5. The van der Waals surface area contributed by atoms with E-state index < -0.39 is 17.7 Å². The number of hydrogen-bond donors (Lipinski definition) is 1. The van der Waals surface area contributed by atoms with Crippen molar-refractivity contribution in [3.05, 3.63) is 77.4 Å². The molecule has 0 spiro atoms. The Morgan fingerprint density at radius 1 is 1.08 bits per heavy atom. The van der Waals surface area contributed by atoms with Crippen LogP contribution in [-0.4, -0.2) is 43.9 Å². The molecule has 0 saturated carbocycles. The zero-order valence-corrected chi connectivity index (χ0v) is 21.4. The maximum absolute atomic E-state index is 13.7. The minimum atomic E-state index is -4.89. The molecule has 2 heterocycles. The van der Waals surface area contributed by atoms with Gasteiger partial charge in [-0.25, -0.2) is 4.99 Å². The number of aliphatic imine (C=N–C) groups is 1. The van der Waals surface area contributed by atoms with E-state index in [2.05, 4.69) is 9.73 Å². The number of amides is 1. The van der Waals surface area contributed by atoms with Gasteiger partial charge in [-0.15, -0.1) is 25.6 Å². The largest absolute Gasteiger partial charge is 0.573 e. The number of guanidine groups is 1. The van der Waals surface area contributed by atoms with Gasteiger partial charge < -0.3 is 19.9 Å². The van der Waals surface area contributed by atoms with E-state index in [1.165, 1.54) is 37.3 Å². The number of likely N-dealkylation sites (N-methyl/N-ethyl adjacent to an activating group) is 1. The van der Waals surface area contributed by atoms with E-state index in [0.717, 1.165) is 24.2 Å². The normalized spacial score (nSPS) is 18.7. The maximum atomic E-state index is 13.7. The van der Waals surface area contributed by atoms with Gasteiger partial charge in [-0.2, -0.15) is 0 Å². The van der Waals surface area contributed by atoms with Gasteiger partial charge in [0, 0.05) is 12.6 Å². The lowest BCUT2D eigenvalue weighted by atomic mass is 9.80. The Hall–Kier alpha value is -3.92. The number of ether oxygens (including phenoxy) is 3. The second kappa shape index (κ2) is 10.1. The first-order valence-electron chi connectivity index (χ1n) is 11.6. The average Bonchev–Trinajstić information content (AvgIpc) is 3.12. The number of hydrogen-bond acceptors (Lipinski definition) is 6. The number of methoxy groups -OCH3 is 1. The third-order valence-corrected chi connectivity index (χ3v) is 6.57. The molecule has 2 aliphatic heterocycles. The maximum Gasteiger partial charge on any atom is 0.573 e. The standard InChI is InChI=1S/C27H24F3N3O4.ClH/c1-33-24(34)26(32-25(33)31,19-8-10-22-17(14-19)6-4-12-36-22)18-7-3-5-16(13-18)21-15-20(35-2)9-11-23(21)37-27(28,29)30;/h3,5,7-11,13-15H,4,6,12H2,1-2H3,(H2,31,32);1H. The Kier molecular flexibility index (Phi) is 7.20. The number of halogens is 4. The van der Waals surface area contributed by atoms with Crippen molar-refractivity contribution in [2.75, 3.05) is 20.8 Å². The lowest BCUT2D eigenvalue weighted by molar-refractivity contribution is -0.274. The van der Waals surface area contributed by atoms with E-state index >= 15 is 0 Å². The van der Waals surface area contributed by atoms with Crippen LogP contribution in [-0.2, 0) is 16.8 Å². The molecule has 3 aromatic carbocycles. The van der Waals surface area contributed by atoms with Crippen molar-refractivity contribution in [2.24, 2.45) is 10.7 Å². The molecule has 1 atom stereocenters. The molecule has 3 aromatic rings. The minimum Gasteiger partial charge on any atom is -0.497 e. The van der Waals surface area contributed by atoms with Crippen molar-refractivity contribution in [1.29, 1.82) is 0 Å². The van der Waals surface area contributed by atoms with Crippen LogP contribution >= 0.6 is 12.4 Å². The van der Waals surface area contributed by atoms with Crippen LogP contribution in [0.3, 0.4) is 0 Å². The molecule has 1 unspecified atom stereocenters. The van der Waals surface area contributed by atoms with Crippen molar-refractivity contribution in [2.45, 2.75) is 24.7 Å². The molecule has 11 heteroatoms. The number of nitrogens with zero attached hydrogens (tertiary/aromatic N) is 2. The van der Waals surface area contributed by atoms with Crippen molar-refractivity contribution in [1.82, 2.24) is 4.90 Å². The third-order valence-electron chi connectivity index (χ3n) is 6.57. The van der Waals surface area contributed by atoms with Gasteiger partial charge in [0.2, 0.25) is 0 Å². The molecule has 0 saturated heterocycles. The summed E-state index contributed by atoms with van der Waals surface area (Å²) in [4.78, 5) is 19.6. The summed E-state index contributed by atoms with van der Waals surface area (Å²) in [5.41, 5.74) is 7.09. The smallest absolute Gasteiger partial charge is 0.497 e. The van der Waals surface area contributed by atoms with Crippen molar-refractivity contribution >= 4 is 24.3 Å². The summed E-state index contributed by atoms with van der Waals surface area (Å²) < 4.78 is 54.7. The number of benzene rings is 3. The highest BCUT2D eigenvalue weighted by Crippen LogP contribution is 2.44. The summed E-state index contributed by atoms with van der Waals surface area (Å²) in [6, 6.07) is 16.1. The van der Waals surface area contributed by atoms with Crippen LogP contribution in [0.4, 0.5) is 13.2 Å². The number of nitrogens with two attached hydrogens (primary N) is 1. The predicted octanol–water partition coefficient (Wildman–Crippen LogP) is 5.04. The highest BCUT2D eigenvalue weighted by Gasteiger charge is 2.50. The first kappa shape index (κ1) is 27.1. The lowest BCUT2D eigenvalue weighted by Gasteiger charge is -2.28.